The third-order valence-electron chi connectivity index (χ3n) is 1.62. The molecular weight excluding hydrogens is 224 g/mol. The molecule has 1 amide bonds. The summed E-state index contributed by atoms with van der Waals surface area (Å²) in [5, 5.41) is 4.51. The fourth-order valence-corrected chi connectivity index (χ4v) is 1.66. The number of ether oxygens (including phenoxy) is 1. The lowest BCUT2D eigenvalue weighted by Crippen LogP contribution is -2.32. The van der Waals surface area contributed by atoms with E-state index in [0.29, 0.717) is 11.5 Å². The van der Waals surface area contributed by atoms with Crippen LogP contribution in [-0.4, -0.2) is 24.6 Å². The molecule has 5 heteroatoms. The molecule has 0 atom stereocenters. The molecule has 0 aliphatic carbocycles. The van der Waals surface area contributed by atoms with E-state index in [1.807, 2.05) is 32.2 Å². The largest absolute Gasteiger partial charge is 0.465 e. The van der Waals surface area contributed by atoms with Crippen LogP contribution in [0.3, 0.4) is 0 Å². The number of thiophene rings is 1. The van der Waals surface area contributed by atoms with E-state index in [9.17, 15) is 4.79 Å². The number of amidine groups is 1. The van der Waals surface area contributed by atoms with Crippen LogP contribution in [0.2, 0.25) is 0 Å². The summed E-state index contributed by atoms with van der Waals surface area (Å²) in [5.74, 6) is -0.178. The molecule has 1 rings (SSSR count). The van der Waals surface area contributed by atoms with Crippen LogP contribution < -0.4 is 5.32 Å². The Morgan fingerprint density at radius 2 is 2.38 bits per heavy atom. The summed E-state index contributed by atoms with van der Waals surface area (Å²) < 4.78 is 5.24. The zero-order valence-corrected chi connectivity index (χ0v) is 10.5. The Morgan fingerprint density at radius 1 is 1.62 bits per heavy atom. The van der Waals surface area contributed by atoms with Gasteiger partial charge in [0.05, 0.1) is 11.5 Å². The van der Waals surface area contributed by atoms with Crippen LogP contribution in [0.1, 0.15) is 30.4 Å². The van der Waals surface area contributed by atoms with E-state index < -0.39 is 0 Å². The molecule has 0 aromatic carbocycles. The molecule has 0 unspecified atom stereocenters. The Balaban J connectivity index is 2.65. The van der Waals surface area contributed by atoms with Gasteiger partial charge in [-0.2, -0.15) is 0 Å². The van der Waals surface area contributed by atoms with Crippen LogP contribution in [0, 0.1) is 0 Å². The van der Waals surface area contributed by atoms with Crippen LogP contribution in [0.4, 0.5) is 0 Å². The highest BCUT2D eigenvalue weighted by atomic mass is 32.1. The molecule has 0 fully saturated rings. The van der Waals surface area contributed by atoms with E-state index >= 15 is 0 Å². The molecule has 0 aliphatic heterocycles. The van der Waals surface area contributed by atoms with E-state index in [1.54, 1.807) is 6.07 Å². The SMILES string of the molecule is CCOC(=NC(C)C)NC(=O)c1cccs1. The van der Waals surface area contributed by atoms with Gasteiger partial charge in [0.15, 0.2) is 0 Å². The molecule has 1 aromatic heterocycles. The smallest absolute Gasteiger partial charge is 0.291 e. The Labute approximate surface area is 99.3 Å². The summed E-state index contributed by atoms with van der Waals surface area (Å²) in [6, 6.07) is 3.97. The Kier molecular flexibility index (Phi) is 4.98. The van der Waals surface area contributed by atoms with E-state index in [4.69, 9.17) is 4.74 Å². The number of nitrogens with one attached hydrogen (secondary N) is 1. The zero-order valence-electron chi connectivity index (χ0n) is 9.69. The molecule has 0 aliphatic rings. The van der Waals surface area contributed by atoms with Crippen molar-refractivity contribution in [2.24, 2.45) is 4.99 Å². The standard InChI is InChI=1S/C11H16N2O2S/c1-4-15-11(12-8(2)3)13-10(14)9-6-5-7-16-9/h5-8H,4H2,1-3H3,(H,12,13,14). The minimum Gasteiger partial charge on any atom is -0.465 e. The number of aliphatic imine (C=N–C) groups is 1. The first kappa shape index (κ1) is 12.7. The van der Waals surface area contributed by atoms with Gasteiger partial charge in [-0.15, -0.1) is 11.3 Å². The molecule has 16 heavy (non-hydrogen) atoms. The van der Waals surface area contributed by atoms with Crippen molar-refractivity contribution >= 4 is 23.3 Å². The van der Waals surface area contributed by atoms with Crippen LogP contribution in [0.15, 0.2) is 22.5 Å². The third-order valence-corrected chi connectivity index (χ3v) is 2.49. The summed E-state index contributed by atoms with van der Waals surface area (Å²) in [7, 11) is 0. The fraction of sp³-hybridized carbons (Fsp3) is 0.455. The van der Waals surface area contributed by atoms with E-state index in [1.165, 1.54) is 11.3 Å². The second kappa shape index (κ2) is 6.27. The maximum atomic E-state index is 11.7. The van der Waals surface area contributed by atoms with Crippen molar-refractivity contribution in [2.75, 3.05) is 6.61 Å². The van der Waals surface area contributed by atoms with Crippen molar-refractivity contribution in [3.05, 3.63) is 22.4 Å². The summed E-state index contributed by atoms with van der Waals surface area (Å²) in [6.07, 6.45) is 0. The Hall–Kier alpha value is -1.36. The topological polar surface area (TPSA) is 50.7 Å². The number of nitrogens with zero attached hydrogens (tertiary/aromatic N) is 1. The van der Waals surface area contributed by atoms with Gasteiger partial charge in [0.2, 0.25) is 0 Å². The van der Waals surface area contributed by atoms with Crippen molar-refractivity contribution in [1.82, 2.24) is 5.32 Å². The molecule has 4 nitrogen and oxygen atoms in total. The quantitative estimate of drug-likeness (QED) is 0.651. The molecule has 0 spiro atoms. The second-order valence-electron chi connectivity index (χ2n) is 3.39. The zero-order chi connectivity index (χ0) is 12.0. The molecule has 1 aromatic rings. The van der Waals surface area contributed by atoms with Gasteiger partial charge in [0.1, 0.15) is 0 Å². The highest BCUT2D eigenvalue weighted by Gasteiger charge is 2.10. The first-order chi connectivity index (χ1) is 7.63. The highest BCUT2D eigenvalue weighted by Crippen LogP contribution is 2.07. The number of hydrogen-bond donors (Lipinski definition) is 1. The number of rotatable bonds is 3. The lowest BCUT2D eigenvalue weighted by molar-refractivity contribution is 0.0970. The number of amides is 1. The van der Waals surface area contributed by atoms with E-state index in [-0.39, 0.29) is 18.0 Å². The first-order valence-corrected chi connectivity index (χ1v) is 6.07. The van der Waals surface area contributed by atoms with Gasteiger partial charge in [-0.1, -0.05) is 6.07 Å². The van der Waals surface area contributed by atoms with E-state index in [2.05, 4.69) is 10.3 Å². The molecule has 1 N–H and O–H groups in total. The monoisotopic (exact) mass is 240 g/mol. The molecule has 0 saturated carbocycles. The van der Waals surface area contributed by atoms with Gasteiger partial charge in [-0.05, 0) is 32.2 Å². The summed E-state index contributed by atoms with van der Waals surface area (Å²) in [4.78, 5) is 16.5. The molecule has 0 radical (unpaired) electrons. The van der Waals surface area contributed by atoms with Gasteiger partial charge >= 0.3 is 0 Å². The molecule has 0 bridgehead atoms. The van der Waals surface area contributed by atoms with E-state index in [0.717, 1.165) is 0 Å². The lowest BCUT2D eigenvalue weighted by atomic mass is 10.4. The van der Waals surface area contributed by atoms with Gasteiger partial charge in [0, 0.05) is 6.04 Å². The molecule has 88 valence electrons. The van der Waals surface area contributed by atoms with Crippen molar-refractivity contribution in [1.29, 1.82) is 0 Å². The summed E-state index contributed by atoms with van der Waals surface area (Å²) in [6.45, 7) is 6.19. The summed E-state index contributed by atoms with van der Waals surface area (Å²) >= 11 is 1.39. The average molecular weight is 240 g/mol. The van der Waals surface area contributed by atoms with Crippen LogP contribution in [0.5, 0.6) is 0 Å². The van der Waals surface area contributed by atoms with Crippen molar-refractivity contribution in [3.63, 3.8) is 0 Å². The minimum absolute atomic E-state index is 0.0881. The van der Waals surface area contributed by atoms with Gasteiger partial charge in [-0.3, -0.25) is 10.1 Å². The second-order valence-corrected chi connectivity index (χ2v) is 4.34. The van der Waals surface area contributed by atoms with Crippen LogP contribution >= 0.6 is 11.3 Å². The van der Waals surface area contributed by atoms with Crippen molar-refractivity contribution in [3.8, 4) is 0 Å². The maximum absolute atomic E-state index is 11.7. The van der Waals surface area contributed by atoms with Gasteiger partial charge in [-0.25, -0.2) is 4.99 Å². The predicted octanol–water partition coefficient (Wildman–Crippen LogP) is 2.28. The number of carbonyl (C=O) groups excluding carboxylic acids is 1. The Bertz CT molecular complexity index is 358. The molecular formula is C11H16N2O2S. The van der Waals surface area contributed by atoms with Gasteiger partial charge < -0.3 is 4.74 Å². The number of hydrogen-bond acceptors (Lipinski definition) is 4. The number of carbonyl (C=O) groups is 1. The average Bonchev–Trinajstić information content (AvgIpc) is 2.69. The van der Waals surface area contributed by atoms with Crippen molar-refractivity contribution in [2.45, 2.75) is 26.8 Å². The minimum atomic E-state index is -0.178. The first-order valence-electron chi connectivity index (χ1n) is 5.19. The normalized spacial score (nSPS) is 11.6. The van der Waals surface area contributed by atoms with Gasteiger partial charge in [0.25, 0.3) is 11.9 Å². The fourth-order valence-electron chi connectivity index (χ4n) is 1.04. The Morgan fingerprint density at radius 3 is 2.88 bits per heavy atom. The third kappa shape index (κ3) is 4.02. The molecule has 0 saturated heterocycles. The highest BCUT2D eigenvalue weighted by molar-refractivity contribution is 7.12. The predicted molar refractivity (Wildman–Crippen MR) is 66.0 cm³/mol. The van der Waals surface area contributed by atoms with Crippen LogP contribution in [0.25, 0.3) is 0 Å². The lowest BCUT2D eigenvalue weighted by Gasteiger charge is -2.09. The maximum Gasteiger partial charge on any atom is 0.291 e. The van der Waals surface area contributed by atoms with Crippen molar-refractivity contribution < 1.29 is 9.53 Å². The molecule has 1 heterocycles. The summed E-state index contributed by atoms with van der Waals surface area (Å²) in [5.41, 5.74) is 0. The van der Waals surface area contributed by atoms with Crippen LogP contribution in [-0.2, 0) is 4.74 Å².